The summed E-state index contributed by atoms with van der Waals surface area (Å²) < 4.78 is 17.2. The van der Waals surface area contributed by atoms with E-state index in [4.69, 9.17) is 14.2 Å². The van der Waals surface area contributed by atoms with Gasteiger partial charge in [-0.1, -0.05) is 13.0 Å². The number of hydrogen-bond donors (Lipinski definition) is 0. The van der Waals surface area contributed by atoms with Crippen LogP contribution in [0.2, 0.25) is 0 Å². The average Bonchev–Trinajstić information content (AvgIpc) is 3.24. The van der Waals surface area contributed by atoms with Gasteiger partial charge in [0.2, 0.25) is 0 Å². The van der Waals surface area contributed by atoms with Crippen molar-refractivity contribution in [2.24, 2.45) is 5.92 Å². The molecule has 1 unspecified atom stereocenters. The third-order valence-corrected chi connectivity index (χ3v) is 3.45. The molecule has 98 valence electrons. The van der Waals surface area contributed by atoms with Gasteiger partial charge in [-0.2, -0.15) is 0 Å². The van der Waals surface area contributed by atoms with Crippen molar-refractivity contribution in [1.29, 1.82) is 0 Å². The van der Waals surface area contributed by atoms with Crippen LogP contribution in [-0.2, 0) is 4.74 Å². The van der Waals surface area contributed by atoms with Gasteiger partial charge in [0, 0.05) is 6.61 Å². The number of ether oxygens (including phenoxy) is 3. The Morgan fingerprint density at radius 1 is 1.22 bits per heavy atom. The summed E-state index contributed by atoms with van der Waals surface area (Å²) in [6.45, 7) is 4.26. The van der Waals surface area contributed by atoms with Gasteiger partial charge in [0.25, 0.3) is 0 Å². The minimum Gasteiger partial charge on any atom is -0.486 e. The number of fused-ring (bicyclic) bond motifs is 1. The first-order valence-electron chi connectivity index (χ1n) is 6.89. The molecule has 3 rings (SSSR count). The SMILES string of the molecule is CCCOC(c1ccc2c(c1)OCCO2)C1CC1. The van der Waals surface area contributed by atoms with E-state index in [0.717, 1.165) is 24.5 Å². The van der Waals surface area contributed by atoms with Crippen LogP contribution in [0, 0.1) is 5.92 Å². The van der Waals surface area contributed by atoms with Crippen LogP contribution in [0.3, 0.4) is 0 Å². The molecule has 0 radical (unpaired) electrons. The Hall–Kier alpha value is -1.22. The Balaban J connectivity index is 1.80. The van der Waals surface area contributed by atoms with Gasteiger partial charge in [0.05, 0.1) is 6.10 Å². The van der Waals surface area contributed by atoms with Crippen LogP contribution in [-0.4, -0.2) is 19.8 Å². The Labute approximate surface area is 108 Å². The molecule has 1 aromatic carbocycles. The van der Waals surface area contributed by atoms with Gasteiger partial charge in [-0.05, 0) is 42.9 Å². The van der Waals surface area contributed by atoms with Crippen molar-refractivity contribution < 1.29 is 14.2 Å². The first-order chi connectivity index (χ1) is 8.88. The van der Waals surface area contributed by atoms with E-state index < -0.39 is 0 Å². The topological polar surface area (TPSA) is 27.7 Å². The Bertz CT molecular complexity index is 412. The van der Waals surface area contributed by atoms with E-state index in [-0.39, 0.29) is 6.10 Å². The molecule has 1 aliphatic carbocycles. The van der Waals surface area contributed by atoms with Gasteiger partial charge in [0.15, 0.2) is 11.5 Å². The summed E-state index contributed by atoms with van der Waals surface area (Å²) >= 11 is 0. The number of hydrogen-bond acceptors (Lipinski definition) is 3. The lowest BCUT2D eigenvalue weighted by molar-refractivity contribution is 0.0372. The van der Waals surface area contributed by atoms with Crippen LogP contribution < -0.4 is 9.47 Å². The molecule has 2 aliphatic rings. The van der Waals surface area contributed by atoms with Crippen LogP contribution >= 0.6 is 0 Å². The minimum absolute atomic E-state index is 0.237. The highest BCUT2D eigenvalue weighted by atomic mass is 16.6. The van der Waals surface area contributed by atoms with Crippen molar-refractivity contribution >= 4 is 0 Å². The molecule has 0 spiro atoms. The van der Waals surface area contributed by atoms with Crippen LogP contribution in [0.4, 0.5) is 0 Å². The second-order valence-electron chi connectivity index (χ2n) is 5.03. The zero-order chi connectivity index (χ0) is 12.4. The standard InChI is InChI=1S/C15H20O3/c1-2-7-18-15(11-3-4-11)12-5-6-13-14(10-12)17-9-8-16-13/h5-6,10-11,15H,2-4,7-9H2,1H3. The highest BCUT2D eigenvalue weighted by molar-refractivity contribution is 5.44. The average molecular weight is 248 g/mol. The van der Waals surface area contributed by atoms with Crippen molar-refractivity contribution in [1.82, 2.24) is 0 Å². The molecule has 0 saturated heterocycles. The summed E-state index contributed by atoms with van der Waals surface area (Å²) in [5.41, 5.74) is 1.23. The van der Waals surface area contributed by atoms with E-state index in [1.165, 1.54) is 18.4 Å². The van der Waals surface area contributed by atoms with Crippen LogP contribution in [0.5, 0.6) is 11.5 Å². The smallest absolute Gasteiger partial charge is 0.161 e. The minimum atomic E-state index is 0.237. The molecule has 0 amide bonds. The van der Waals surface area contributed by atoms with E-state index in [1.807, 2.05) is 6.07 Å². The maximum Gasteiger partial charge on any atom is 0.161 e. The van der Waals surface area contributed by atoms with Crippen LogP contribution in [0.1, 0.15) is 37.9 Å². The Kier molecular flexibility index (Phi) is 3.41. The molecule has 18 heavy (non-hydrogen) atoms. The fourth-order valence-electron chi connectivity index (χ4n) is 2.39. The van der Waals surface area contributed by atoms with Gasteiger partial charge >= 0.3 is 0 Å². The first-order valence-corrected chi connectivity index (χ1v) is 6.89. The van der Waals surface area contributed by atoms with Gasteiger partial charge in [-0.15, -0.1) is 0 Å². The molecule has 1 saturated carbocycles. The van der Waals surface area contributed by atoms with E-state index >= 15 is 0 Å². The van der Waals surface area contributed by atoms with Crippen molar-refractivity contribution in [3.63, 3.8) is 0 Å². The maximum atomic E-state index is 6.00. The number of rotatable bonds is 5. The van der Waals surface area contributed by atoms with E-state index in [2.05, 4.69) is 19.1 Å². The summed E-state index contributed by atoms with van der Waals surface area (Å²) in [5, 5.41) is 0. The fraction of sp³-hybridized carbons (Fsp3) is 0.600. The number of benzene rings is 1. The fourth-order valence-corrected chi connectivity index (χ4v) is 2.39. The molecule has 3 nitrogen and oxygen atoms in total. The molecule has 0 aromatic heterocycles. The lowest BCUT2D eigenvalue weighted by atomic mass is 10.0. The maximum absolute atomic E-state index is 6.00. The molecule has 1 atom stereocenters. The lowest BCUT2D eigenvalue weighted by Crippen LogP contribution is -2.16. The van der Waals surface area contributed by atoms with Crippen molar-refractivity contribution in [2.45, 2.75) is 32.3 Å². The van der Waals surface area contributed by atoms with Gasteiger partial charge in [-0.25, -0.2) is 0 Å². The monoisotopic (exact) mass is 248 g/mol. The van der Waals surface area contributed by atoms with Crippen molar-refractivity contribution in [3.05, 3.63) is 23.8 Å². The molecule has 1 aromatic rings. The molecule has 3 heteroatoms. The second-order valence-corrected chi connectivity index (χ2v) is 5.03. The lowest BCUT2D eigenvalue weighted by Gasteiger charge is -2.22. The molecule has 1 heterocycles. The zero-order valence-electron chi connectivity index (χ0n) is 10.9. The van der Waals surface area contributed by atoms with E-state index in [1.54, 1.807) is 0 Å². The van der Waals surface area contributed by atoms with Crippen molar-refractivity contribution in [2.75, 3.05) is 19.8 Å². The van der Waals surface area contributed by atoms with Gasteiger partial charge in [-0.3, -0.25) is 0 Å². The molecule has 1 aliphatic heterocycles. The van der Waals surface area contributed by atoms with Crippen LogP contribution in [0.15, 0.2) is 18.2 Å². The highest BCUT2D eigenvalue weighted by Crippen LogP contribution is 2.45. The van der Waals surface area contributed by atoms with Gasteiger partial charge in [0.1, 0.15) is 13.2 Å². The predicted octanol–water partition coefficient (Wildman–Crippen LogP) is 3.34. The normalized spacial score (nSPS) is 19.6. The van der Waals surface area contributed by atoms with Crippen molar-refractivity contribution in [3.8, 4) is 11.5 Å². The second kappa shape index (κ2) is 5.19. The predicted molar refractivity (Wildman–Crippen MR) is 69.1 cm³/mol. The summed E-state index contributed by atoms with van der Waals surface area (Å²) in [5.74, 6) is 2.42. The Morgan fingerprint density at radius 3 is 2.72 bits per heavy atom. The zero-order valence-corrected chi connectivity index (χ0v) is 10.9. The summed E-state index contributed by atoms with van der Waals surface area (Å²) in [6.07, 6.45) is 3.86. The Morgan fingerprint density at radius 2 is 2.00 bits per heavy atom. The third kappa shape index (κ3) is 2.46. The summed E-state index contributed by atoms with van der Waals surface area (Å²) in [7, 11) is 0. The molecular weight excluding hydrogens is 228 g/mol. The largest absolute Gasteiger partial charge is 0.486 e. The quantitative estimate of drug-likeness (QED) is 0.800. The third-order valence-electron chi connectivity index (χ3n) is 3.45. The molecule has 0 bridgehead atoms. The summed E-state index contributed by atoms with van der Waals surface area (Å²) in [4.78, 5) is 0. The molecule has 0 N–H and O–H groups in total. The summed E-state index contributed by atoms with van der Waals surface area (Å²) in [6, 6.07) is 6.22. The molecule has 1 fully saturated rings. The van der Waals surface area contributed by atoms with E-state index in [0.29, 0.717) is 19.1 Å². The highest BCUT2D eigenvalue weighted by Gasteiger charge is 2.33. The molecular formula is C15H20O3. The van der Waals surface area contributed by atoms with Crippen LogP contribution in [0.25, 0.3) is 0 Å². The van der Waals surface area contributed by atoms with Gasteiger partial charge < -0.3 is 14.2 Å². The first kappa shape index (κ1) is 11.8. The van der Waals surface area contributed by atoms with E-state index in [9.17, 15) is 0 Å².